The molecule has 1 atom stereocenters. The molecule has 0 amide bonds. The van der Waals surface area contributed by atoms with Crippen LogP contribution in [0.4, 0.5) is 13.2 Å². The van der Waals surface area contributed by atoms with Crippen molar-refractivity contribution in [2.45, 2.75) is 12.7 Å². The smallest absolute Gasteiger partial charge is 0.310 e. The van der Waals surface area contributed by atoms with E-state index in [1.807, 2.05) is 0 Å². The van der Waals surface area contributed by atoms with E-state index >= 15 is 0 Å². The van der Waals surface area contributed by atoms with Gasteiger partial charge in [-0.05, 0) is 6.07 Å². The first-order valence-electron chi connectivity index (χ1n) is 4.92. The van der Waals surface area contributed by atoms with Crippen LogP contribution in [0.2, 0.25) is 0 Å². The van der Waals surface area contributed by atoms with Crippen molar-refractivity contribution in [3.05, 3.63) is 35.0 Å². The Morgan fingerprint density at radius 3 is 2.78 bits per heavy atom. The average Bonchev–Trinajstić information content (AvgIpc) is 2.75. The number of nitrogens with zero attached hydrogens (tertiary/aromatic N) is 4. The third-order valence-electron chi connectivity index (χ3n) is 2.47. The van der Waals surface area contributed by atoms with Gasteiger partial charge in [0.25, 0.3) is 5.56 Å². The summed E-state index contributed by atoms with van der Waals surface area (Å²) in [7, 11) is 0. The molecule has 0 aliphatic heterocycles. The highest BCUT2D eigenvalue weighted by molar-refractivity contribution is 5.42. The summed E-state index contributed by atoms with van der Waals surface area (Å²) in [4.78, 5) is 11.8. The minimum atomic E-state index is -4.65. The lowest BCUT2D eigenvalue weighted by Gasteiger charge is -2.14. The van der Waals surface area contributed by atoms with Crippen molar-refractivity contribution < 1.29 is 13.2 Å². The zero-order chi connectivity index (χ0) is 13.3. The van der Waals surface area contributed by atoms with E-state index in [1.165, 1.54) is 29.2 Å². The van der Waals surface area contributed by atoms with Gasteiger partial charge in [-0.3, -0.25) is 4.79 Å². The van der Waals surface area contributed by atoms with Crippen molar-refractivity contribution in [1.29, 1.82) is 5.26 Å². The van der Waals surface area contributed by atoms with E-state index in [9.17, 15) is 18.0 Å². The maximum atomic E-state index is 12.4. The van der Waals surface area contributed by atoms with E-state index in [0.29, 0.717) is 0 Å². The second kappa shape index (κ2) is 4.18. The monoisotopic (exact) mass is 256 g/mol. The molecule has 0 saturated heterocycles. The van der Waals surface area contributed by atoms with Crippen LogP contribution in [-0.4, -0.2) is 20.4 Å². The fourth-order valence-electron chi connectivity index (χ4n) is 1.52. The Balaban J connectivity index is 2.41. The highest BCUT2D eigenvalue weighted by Crippen LogP contribution is 2.26. The topological polar surface area (TPSA) is 63.1 Å². The van der Waals surface area contributed by atoms with E-state index in [4.69, 9.17) is 5.26 Å². The highest BCUT2D eigenvalue weighted by Gasteiger charge is 2.40. The maximum Gasteiger partial charge on any atom is 0.406 e. The van der Waals surface area contributed by atoms with Crippen LogP contribution in [0.15, 0.2) is 29.5 Å². The third kappa shape index (κ3) is 2.07. The third-order valence-corrected chi connectivity index (χ3v) is 2.47. The highest BCUT2D eigenvalue weighted by atomic mass is 19.4. The Morgan fingerprint density at radius 2 is 2.17 bits per heavy atom. The number of fused-ring (bicyclic) bond motifs is 1. The Morgan fingerprint density at radius 1 is 1.44 bits per heavy atom. The minimum absolute atomic E-state index is 0.163. The molecule has 2 rings (SSSR count). The maximum absolute atomic E-state index is 12.4. The van der Waals surface area contributed by atoms with Gasteiger partial charge in [0.15, 0.2) is 5.92 Å². The quantitative estimate of drug-likeness (QED) is 0.811. The summed E-state index contributed by atoms with van der Waals surface area (Å²) in [6, 6.07) is 2.55. The summed E-state index contributed by atoms with van der Waals surface area (Å²) in [6.45, 7) is -0.722. The molecule has 1 unspecified atom stereocenters. The Bertz CT molecular complexity index is 664. The van der Waals surface area contributed by atoms with Crippen LogP contribution >= 0.6 is 0 Å². The van der Waals surface area contributed by atoms with Crippen molar-refractivity contribution in [3.8, 4) is 6.07 Å². The number of hydrogen-bond donors (Lipinski definition) is 0. The van der Waals surface area contributed by atoms with Crippen LogP contribution in [0.25, 0.3) is 5.52 Å². The van der Waals surface area contributed by atoms with Crippen molar-refractivity contribution in [2.75, 3.05) is 0 Å². The largest absolute Gasteiger partial charge is 0.406 e. The first kappa shape index (κ1) is 12.2. The van der Waals surface area contributed by atoms with Crippen LogP contribution in [0.1, 0.15) is 0 Å². The molecule has 2 aromatic rings. The average molecular weight is 256 g/mol. The van der Waals surface area contributed by atoms with Gasteiger partial charge in [0.05, 0.1) is 18.8 Å². The van der Waals surface area contributed by atoms with Gasteiger partial charge < -0.3 is 4.57 Å². The van der Waals surface area contributed by atoms with E-state index in [1.54, 1.807) is 0 Å². The minimum Gasteiger partial charge on any atom is -0.310 e. The number of aromatic nitrogens is 3. The van der Waals surface area contributed by atoms with E-state index in [2.05, 4.69) is 5.10 Å². The van der Waals surface area contributed by atoms with Gasteiger partial charge in [0, 0.05) is 12.4 Å². The summed E-state index contributed by atoms with van der Waals surface area (Å²) >= 11 is 0. The van der Waals surface area contributed by atoms with Gasteiger partial charge in [-0.1, -0.05) is 0 Å². The second-order valence-electron chi connectivity index (χ2n) is 3.64. The Kier molecular flexibility index (Phi) is 2.82. The molecule has 2 aromatic heterocycles. The van der Waals surface area contributed by atoms with Crippen molar-refractivity contribution in [2.24, 2.45) is 5.92 Å². The molecule has 2 heterocycles. The second-order valence-corrected chi connectivity index (χ2v) is 3.64. The Labute approximate surface area is 98.7 Å². The van der Waals surface area contributed by atoms with Gasteiger partial charge in [-0.15, -0.1) is 0 Å². The molecular weight excluding hydrogens is 249 g/mol. The molecule has 0 fully saturated rings. The van der Waals surface area contributed by atoms with E-state index in [0.717, 1.165) is 10.6 Å². The summed E-state index contributed by atoms with van der Waals surface area (Å²) in [5.41, 5.74) is -0.448. The van der Waals surface area contributed by atoms with Crippen LogP contribution in [0.3, 0.4) is 0 Å². The van der Waals surface area contributed by atoms with Crippen LogP contribution in [0.5, 0.6) is 0 Å². The lowest BCUT2D eigenvalue weighted by molar-refractivity contribution is -0.162. The molecule has 8 heteroatoms. The van der Waals surface area contributed by atoms with Crippen LogP contribution < -0.4 is 5.56 Å². The predicted octanol–water partition coefficient (Wildman–Crippen LogP) is 1.20. The summed E-state index contributed by atoms with van der Waals surface area (Å²) < 4.78 is 39.4. The first-order chi connectivity index (χ1) is 8.43. The first-order valence-corrected chi connectivity index (χ1v) is 4.92. The summed E-state index contributed by atoms with van der Waals surface area (Å²) in [5.74, 6) is -2.21. The van der Waals surface area contributed by atoms with Gasteiger partial charge in [-0.25, -0.2) is 4.52 Å². The fourth-order valence-corrected chi connectivity index (χ4v) is 1.52. The van der Waals surface area contributed by atoms with Gasteiger partial charge in [-0.2, -0.15) is 23.5 Å². The number of alkyl halides is 3. The molecular formula is C10H7F3N4O. The summed E-state index contributed by atoms with van der Waals surface area (Å²) in [6.07, 6.45) is -0.743. The number of rotatable bonds is 2. The Hall–Kier alpha value is -2.30. The molecule has 0 aromatic carbocycles. The number of hydrogen-bond acceptors (Lipinski definition) is 3. The predicted molar refractivity (Wildman–Crippen MR) is 54.6 cm³/mol. The van der Waals surface area contributed by atoms with E-state index in [-0.39, 0.29) is 5.52 Å². The number of halogens is 3. The summed E-state index contributed by atoms with van der Waals surface area (Å²) in [5, 5.41) is 12.3. The van der Waals surface area contributed by atoms with Crippen molar-refractivity contribution in [3.63, 3.8) is 0 Å². The number of nitriles is 1. The molecule has 0 radical (unpaired) electrons. The van der Waals surface area contributed by atoms with Crippen LogP contribution in [0, 0.1) is 17.2 Å². The zero-order valence-corrected chi connectivity index (χ0v) is 8.92. The molecule has 5 nitrogen and oxygen atoms in total. The molecule has 18 heavy (non-hydrogen) atoms. The lowest BCUT2D eigenvalue weighted by Crippen LogP contribution is -2.31. The molecule has 0 bridgehead atoms. The molecule has 0 spiro atoms. The van der Waals surface area contributed by atoms with E-state index < -0.39 is 24.2 Å². The van der Waals surface area contributed by atoms with Gasteiger partial charge >= 0.3 is 6.18 Å². The fraction of sp³-hybridized carbons (Fsp3) is 0.300. The molecule has 0 N–H and O–H groups in total. The van der Waals surface area contributed by atoms with Gasteiger partial charge in [0.2, 0.25) is 0 Å². The van der Waals surface area contributed by atoms with Crippen molar-refractivity contribution >= 4 is 5.52 Å². The zero-order valence-electron chi connectivity index (χ0n) is 8.92. The normalized spacial score (nSPS) is 13.4. The van der Waals surface area contributed by atoms with Gasteiger partial charge in [0.1, 0.15) is 5.52 Å². The molecule has 0 saturated carbocycles. The standard InChI is InChI=1S/C10H7F3N4O/c11-10(12,13)7(5-14)6-16-3-4-17-8(9(16)18)1-2-15-17/h1-4,7H,6H2. The molecule has 0 aliphatic carbocycles. The lowest BCUT2D eigenvalue weighted by atomic mass is 10.1. The molecule has 0 aliphatic rings. The van der Waals surface area contributed by atoms with Crippen molar-refractivity contribution in [1.82, 2.24) is 14.2 Å². The molecule has 94 valence electrons. The van der Waals surface area contributed by atoms with Crippen LogP contribution in [-0.2, 0) is 6.54 Å². The SMILES string of the molecule is N#CC(Cn1ccn2nccc2c1=O)C(F)(F)F.